The molecule has 1 aromatic carbocycles. The number of halogens is 1. The molecule has 1 aliphatic rings. The molecule has 0 aromatic heterocycles. The van der Waals surface area contributed by atoms with E-state index >= 15 is 0 Å². The molecule has 2 unspecified atom stereocenters. The first kappa shape index (κ1) is 11.6. The van der Waals surface area contributed by atoms with E-state index in [1.54, 1.807) is 0 Å². The van der Waals surface area contributed by atoms with E-state index in [4.69, 9.17) is 0 Å². The summed E-state index contributed by atoms with van der Waals surface area (Å²) < 4.78 is 0.798. The van der Waals surface area contributed by atoms with Crippen molar-refractivity contribution in [2.75, 3.05) is 0 Å². The van der Waals surface area contributed by atoms with E-state index in [9.17, 15) is 15.0 Å². The molecular formula is C12H13BrO3. The molecule has 0 bridgehead atoms. The van der Waals surface area contributed by atoms with Gasteiger partial charge in [0.2, 0.25) is 0 Å². The van der Waals surface area contributed by atoms with Gasteiger partial charge in [-0.2, -0.15) is 0 Å². The summed E-state index contributed by atoms with van der Waals surface area (Å²) in [7, 11) is 0. The van der Waals surface area contributed by atoms with Crippen molar-refractivity contribution in [2.24, 2.45) is 0 Å². The predicted octanol–water partition coefficient (Wildman–Crippen LogP) is 2.32. The minimum atomic E-state index is -0.931. The van der Waals surface area contributed by atoms with Gasteiger partial charge in [0, 0.05) is 4.47 Å². The molecule has 1 aliphatic carbocycles. The molecule has 86 valence electrons. The molecule has 2 N–H and O–H groups in total. The monoisotopic (exact) mass is 284 g/mol. The summed E-state index contributed by atoms with van der Waals surface area (Å²) in [6.07, 6.45) is 0.827. The van der Waals surface area contributed by atoms with Crippen molar-refractivity contribution in [1.82, 2.24) is 0 Å². The van der Waals surface area contributed by atoms with Gasteiger partial charge >= 0.3 is 5.97 Å². The molecular weight excluding hydrogens is 272 g/mol. The van der Waals surface area contributed by atoms with Crippen LogP contribution in [0.15, 0.2) is 28.7 Å². The summed E-state index contributed by atoms with van der Waals surface area (Å²) in [6, 6.07) is 7.34. The van der Waals surface area contributed by atoms with E-state index in [1.165, 1.54) is 0 Å². The van der Waals surface area contributed by atoms with Crippen LogP contribution in [0.25, 0.3) is 0 Å². The average Bonchev–Trinajstić information content (AvgIpc) is 2.62. The molecule has 2 rings (SSSR count). The summed E-state index contributed by atoms with van der Waals surface area (Å²) in [4.78, 5) is 11.5. The second-order valence-corrected chi connectivity index (χ2v) is 5.12. The zero-order chi connectivity index (χ0) is 11.8. The fourth-order valence-corrected chi connectivity index (χ4v) is 3.09. The molecule has 0 amide bonds. The van der Waals surface area contributed by atoms with Crippen molar-refractivity contribution >= 4 is 21.9 Å². The van der Waals surface area contributed by atoms with Crippen LogP contribution in [0.3, 0.4) is 0 Å². The number of carboxylic acids is 1. The van der Waals surface area contributed by atoms with Crippen molar-refractivity contribution < 1.29 is 15.0 Å². The van der Waals surface area contributed by atoms with Crippen LogP contribution in [-0.2, 0) is 10.2 Å². The number of aliphatic carboxylic acids is 1. The zero-order valence-electron chi connectivity index (χ0n) is 8.69. The maximum Gasteiger partial charge on any atom is 0.314 e. The normalized spacial score (nSPS) is 29.2. The number of carboxylic acid groups (broad SMARTS) is 1. The highest BCUT2D eigenvalue weighted by Crippen LogP contribution is 2.44. The Labute approximate surface area is 102 Å². The van der Waals surface area contributed by atoms with Gasteiger partial charge in [0.15, 0.2) is 0 Å². The maximum atomic E-state index is 11.5. The van der Waals surface area contributed by atoms with Gasteiger partial charge in [-0.1, -0.05) is 34.1 Å². The van der Waals surface area contributed by atoms with Crippen LogP contribution in [-0.4, -0.2) is 22.3 Å². The Morgan fingerprint density at radius 1 is 1.44 bits per heavy atom. The average molecular weight is 285 g/mol. The summed E-state index contributed by atoms with van der Waals surface area (Å²) in [5.41, 5.74) is -0.168. The van der Waals surface area contributed by atoms with Crippen LogP contribution < -0.4 is 0 Å². The Balaban J connectivity index is 2.49. The minimum absolute atomic E-state index is 0.297. The highest BCUT2D eigenvalue weighted by Gasteiger charge is 2.47. The van der Waals surface area contributed by atoms with Crippen molar-refractivity contribution in [2.45, 2.75) is 30.8 Å². The zero-order valence-corrected chi connectivity index (χ0v) is 10.3. The number of aliphatic hydroxyl groups excluding tert-OH is 1. The summed E-state index contributed by atoms with van der Waals surface area (Å²) >= 11 is 3.38. The lowest BCUT2D eigenvalue weighted by Crippen LogP contribution is -2.34. The lowest BCUT2D eigenvalue weighted by Gasteiger charge is -2.25. The molecule has 0 spiro atoms. The van der Waals surface area contributed by atoms with Gasteiger partial charge in [-0.05, 0) is 30.9 Å². The Morgan fingerprint density at radius 2 is 2.12 bits per heavy atom. The summed E-state index contributed by atoms with van der Waals surface area (Å²) in [6.45, 7) is 0. The molecule has 0 aliphatic heterocycles. The fraction of sp³-hybridized carbons (Fsp3) is 0.417. The lowest BCUT2D eigenvalue weighted by atomic mass is 9.79. The van der Waals surface area contributed by atoms with Gasteiger partial charge in [0.05, 0.1) is 11.5 Å². The van der Waals surface area contributed by atoms with E-state index in [2.05, 4.69) is 15.9 Å². The quantitative estimate of drug-likeness (QED) is 0.876. The molecule has 1 saturated carbocycles. The molecule has 1 aromatic rings. The number of benzene rings is 1. The van der Waals surface area contributed by atoms with E-state index in [0.29, 0.717) is 19.3 Å². The first-order valence-electron chi connectivity index (χ1n) is 5.23. The van der Waals surface area contributed by atoms with Gasteiger partial charge in [-0.3, -0.25) is 4.79 Å². The first-order chi connectivity index (χ1) is 7.56. The second-order valence-electron chi connectivity index (χ2n) is 4.26. The number of hydrogen-bond acceptors (Lipinski definition) is 2. The molecule has 4 heteroatoms. The molecule has 1 fully saturated rings. The van der Waals surface area contributed by atoms with Crippen molar-refractivity contribution in [3.63, 3.8) is 0 Å². The largest absolute Gasteiger partial charge is 0.481 e. The standard InChI is InChI=1S/C12H13BrO3/c13-10-4-2-1-3-9(10)12(11(15)16)6-5-8(14)7-12/h1-4,8,14H,5-7H2,(H,15,16). The molecule has 0 heterocycles. The highest BCUT2D eigenvalue weighted by atomic mass is 79.9. The topological polar surface area (TPSA) is 57.5 Å². The van der Waals surface area contributed by atoms with Crippen molar-refractivity contribution in [3.05, 3.63) is 34.3 Å². The van der Waals surface area contributed by atoms with Gasteiger partial charge in [-0.15, -0.1) is 0 Å². The predicted molar refractivity (Wildman–Crippen MR) is 63.3 cm³/mol. The second kappa shape index (κ2) is 4.18. The highest BCUT2D eigenvalue weighted by molar-refractivity contribution is 9.10. The maximum absolute atomic E-state index is 11.5. The van der Waals surface area contributed by atoms with E-state index < -0.39 is 17.5 Å². The van der Waals surface area contributed by atoms with E-state index in [1.807, 2.05) is 24.3 Å². The van der Waals surface area contributed by atoms with Crippen LogP contribution in [0.2, 0.25) is 0 Å². The number of carbonyl (C=O) groups is 1. The van der Waals surface area contributed by atoms with E-state index in [0.717, 1.165) is 10.0 Å². The van der Waals surface area contributed by atoms with E-state index in [-0.39, 0.29) is 0 Å². The van der Waals surface area contributed by atoms with Crippen molar-refractivity contribution in [1.29, 1.82) is 0 Å². The molecule has 16 heavy (non-hydrogen) atoms. The third kappa shape index (κ3) is 1.76. The van der Waals surface area contributed by atoms with Gasteiger partial charge in [-0.25, -0.2) is 0 Å². The van der Waals surface area contributed by atoms with Gasteiger partial charge < -0.3 is 10.2 Å². The smallest absolute Gasteiger partial charge is 0.314 e. The summed E-state index contributed by atoms with van der Waals surface area (Å²) in [5, 5.41) is 19.0. The fourth-order valence-electron chi connectivity index (χ4n) is 2.42. The Morgan fingerprint density at radius 3 is 2.62 bits per heavy atom. The molecule has 2 atom stereocenters. The van der Waals surface area contributed by atoms with Gasteiger partial charge in [0.1, 0.15) is 0 Å². The van der Waals surface area contributed by atoms with Crippen LogP contribution >= 0.6 is 15.9 Å². The third-order valence-electron chi connectivity index (χ3n) is 3.29. The molecule has 0 radical (unpaired) electrons. The minimum Gasteiger partial charge on any atom is -0.481 e. The Kier molecular flexibility index (Phi) is 3.04. The third-order valence-corrected chi connectivity index (χ3v) is 3.98. The van der Waals surface area contributed by atoms with Crippen LogP contribution in [0.1, 0.15) is 24.8 Å². The number of hydrogen-bond donors (Lipinski definition) is 2. The SMILES string of the molecule is O=C(O)C1(c2ccccc2Br)CCC(O)C1. The number of rotatable bonds is 2. The van der Waals surface area contributed by atoms with Crippen LogP contribution in [0.4, 0.5) is 0 Å². The summed E-state index contributed by atoms with van der Waals surface area (Å²) in [5.74, 6) is -0.851. The first-order valence-corrected chi connectivity index (χ1v) is 6.02. The van der Waals surface area contributed by atoms with Crippen molar-refractivity contribution in [3.8, 4) is 0 Å². The van der Waals surface area contributed by atoms with Crippen LogP contribution in [0, 0.1) is 0 Å². The number of aliphatic hydroxyl groups is 1. The van der Waals surface area contributed by atoms with Gasteiger partial charge in [0.25, 0.3) is 0 Å². The van der Waals surface area contributed by atoms with Crippen LogP contribution in [0.5, 0.6) is 0 Å². The molecule has 0 saturated heterocycles. The molecule has 3 nitrogen and oxygen atoms in total. The Bertz CT molecular complexity index is 418. The lowest BCUT2D eigenvalue weighted by molar-refractivity contribution is -0.144. The Hall–Kier alpha value is -0.870.